The first-order valence-electron chi connectivity index (χ1n) is 5.99. The maximum atomic E-state index is 13.8. The molecule has 1 N–H and O–H groups in total. The minimum Gasteiger partial charge on any atom is -0.497 e. The smallest absolute Gasteiger partial charge is 0.131 e. The van der Waals surface area contributed by atoms with Crippen LogP contribution in [0, 0.1) is 5.82 Å². The summed E-state index contributed by atoms with van der Waals surface area (Å²) in [5, 5.41) is 9.26. The van der Waals surface area contributed by atoms with Crippen LogP contribution in [0.4, 0.5) is 4.39 Å². The van der Waals surface area contributed by atoms with Gasteiger partial charge in [-0.15, -0.1) is 0 Å². The molecule has 1 aliphatic rings. The van der Waals surface area contributed by atoms with E-state index in [4.69, 9.17) is 9.47 Å². The average Bonchev–Trinajstić information content (AvgIpc) is 2.41. The Morgan fingerprint density at radius 1 is 1.56 bits per heavy atom. The maximum Gasteiger partial charge on any atom is 0.131 e. The van der Waals surface area contributed by atoms with Gasteiger partial charge >= 0.3 is 0 Å². The van der Waals surface area contributed by atoms with Crippen LogP contribution in [0.3, 0.4) is 0 Å². The van der Waals surface area contributed by atoms with Gasteiger partial charge in [0.2, 0.25) is 0 Å². The van der Waals surface area contributed by atoms with Gasteiger partial charge in [-0.2, -0.15) is 0 Å². The Balaban J connectivity index is 2.07. The van der Waals surface area contributed by atoms with Crippen molar-refractivity contribution in [3.8, 4) is 5.75 Å². The molecule has 1 saturated heterocycles. The minimum atomic E-state index is -0.280. The number of rotatable bonds is 4. The number of ether oxygens (including phenoxy) is 2. The van der Waals surface area contributed by atoms with Gasteiger partial charge in [0.25, 0.3) is 0 Å². The first-order chi connectivity index (χ1) is 8.74. The van der Waals surface area contributed by atoms with E-state index in [0.29, 0.717) is 37.6 Å². The molecule has 1 unspecified atom stereocenters. The van der Waals surface area contributed by atoms with E-state index in [-0.39, 0.29) is 18.5 Å². The monoisotopic (exact) mass is 255 g/mol. The van der Waals surface area contributed by atoms with Crippen molar-refractivity contribution in [2.24, 2.45) is 0 Å². The second-order valence-corrected chi connectivity index (χ2v) is 4.34. The molecule has 18 heavy (non-hydrogen) atoms. The molecule has 0 amide bonds. The highest BCUT2D eigenvalue weighted by molar-refractivity contribution is 5.28. The van der Waals surface area contributed by atoms with Crippen molar-refractivity contribution in [3.63, 3.8) is 0 Å². The Morgan fingerprint density at radius 2 is 2.39 bits per heavy atom. The SMILES string of the molecule is COc1ccc(CN2CCOCC2CO)c(F)c1. The number of nitrogens with zero attached hydrogens (tertiary/aromatic N) is 1. The summed E-state index contributed by atoms with van der Waals surface area (Å²) in [4.78, 5) is 2.04. The fraction of sp³-hybridized carbons (Fsp3) is 0.538. The Bertz CT molecular complexity index is 400. The molecule has 1 atom stereocenters. The van der Waals surface area contributed by atoms with E-state index in [1.165, 1.54) is 13.2 Å². The third kappa shape index (κ3) is 2.98. The van der Waals surface area contributed by atoms with Crippen molar-refractivity contribution in [3.05, 3.63) is 29.6 Å². The number of aliphatic hydroxyl groups excluding tert-OH is 1. The zero-order chi connectivity index (χ0) is 13.0. The standard InChI is InChI=1S/C13H18FNO3/c1-17-12-3-2-10(13(14)6-12)7-15-4-5-18-9-11(15)8-16/h2-3,6,11,16H,4-5,7-9H2,1H3. The van der Waals surface area contributed by atoms with Gasteiger partial charge in [-0.05, 0) is 6.07 Å². The van der Waals surface area contributed by atoms with E-state index in [0.717, 1.165) is 0 Å². The normalized spacial score (nSPS) is 20.9. The van der Waals surface area contributed by atoms with Gasteiger partial charge in [-0.25, -0.2) is 4.39 Å². The van der Waals surface area contributed by atoms with E-state index < -0.39 is 0 Å². The highest BCUT2D eigenvalue weighted by Crippen LogP contribution is 2.19. The summed E-state index contributed by atoms with van der Waals surface area (Å²) in [5.74, 6) is 0.231. The molecule has 1 aliphatic heterocycles. The van der Waals surface area contributed by atoms with Crippen LogP contribution >= 0.6 is 0 Å². The molecule has 1 fully saturated rings. The maximum absolute atomic E-state index is 13.8. The average molecular weight is 255 g/mol. The van der Waals surface area contributed by atoms with Crippen molar-refractivity contribution in [2.45, 2.75) is 12.6 Å². The largest absolute Gasteiger partial charge is 0.497 e. The quantitative estimate of drug-likeness (QED) is 0.872. The van der Waals surface area contributed by atoms with E-state index >= 15 is 0 Å². The van der Waals surface area contributed by atoms with Crippen LogP contribution < -0.4 is 4.74 Å². The minimum absolute atomic E-state index is 0.0256. The lowest BCUT2D eigenvalue weighted by Gasteiger charge is -2.34. The molecule has 0 aliphatic carbocycles. The molecule has 2 rings (SSSR count). The van der Waals surface area contributed by atoms with Gasteiger partial charge in [0.1, 0.15) is 11.6 Å². The molecule has 0 radical (unpaired) electrons. The molecule has 1 aromatic carbocycles. The summed E-state index contributed by atoms with van der Waals surface area (Å²) in [7, 11) is 1.51. The van der Waals surface area contributed by atoms with Crippen molar-refractivity contribution in [1.29, 1.82) is 0 Å². The zero-order valence-electron chi connectivity index (χ0n) is 10.4. The summed E-state index contributed by atoms with van der Waals surface area (Å²) >= 11 is 0. The van der Waals surface area contributed by atoms with E-state index in [2.05, 4.69) is 0 Å². The fourth-order valence-corrected chi connectivity index (χ4v) is 2.07. The van der Waals surface area contributed by atoms with Gasteiger partial charge in [-0.1, -0.05) is 6.07 Å². The molecular formula is C13H18FNO3. The van der Waals surface area contributed by atoms with E-state index in [1.54, 1.807) is 12.1 Å². The first-order valence-corrected chi connectivity index (χ1v) is 5.99. The predicted octanol–water partition coefficient (Wildman–Crippen LogP) is 1.03. The molecule has 0 aromatic heterocycles. The van der Waals surface area contributed by atoms with Crippen LogP contribution in [0.25, 0.3) is 0 Å². The second-order valence-electron chi connectivity index (χ2n) is 4.34. The highest BCUT2D eigenvalue weighted by atomic mass is 19.1. The topological polar surface area (TPSA) is 41.9 Å². The van der Waals surface area contributed by atoms with E-state index in [1.807, 2.05) is 4.90 Å². The van der Waals surface area contributed by atoms with Crippen molar-refractivity contribution in [1.82, 2.24) is 4.90 Å². The zero-order valence-corrected chi connectivity index (χ0v) is 10.4. The van der Waals surface area contributed by atoms with Crippen LogP contribution in [0.5, 0.6) is 5.75 Å². The molecule has 0 spiro atoms. The van der Waals surface area contributed by atoms with Gasteiger partial charge in [0.05, 0.1) is 33.0 Å². The number of halogens is 1. The summed E-state index contributed by atoms with van der Waals surface area (Å²) in [6.45, 7) is 2.32. The first kappa shape index (κ1) is 13.3. The van der Waals surface area contributed by atoms with Crippen molar-refractivity contribution in [2.75, 3.05) is 33.5 Å². The Hall–Kier alpha value is -1.17. The number of aliphatic hydroxyl groups is 1. The van der Waals surface area contributed by atoms with Crippen LogP contribution in [0.1, 0.15) is 5.56 Å². The molecular weight excluding hydrogens is 237 g/mol. The molecule has 1 aromatic rings. The van der Waals surface area contributed by atoms with Crippen molar-refractivity contribution < 1.29 is 19.0 Å². The number of hydrogen-bond acceptors (Lipinski definition) is 4. The summed E-state index contributed by atoms with van der Waals surface area (Å²) in [6, 6.07) is 4.79. The molecule has 0 bridgehead atoms. The molecule has 1 heterocycles. The third-order valence-electron chi connectivity index (χ3n) is 3.19. The predicted molar refractivity (Wildman–Crippen MR) is 65.1 cm³/mol. The molecule has 4 nitrogen and oxygen atoms in total. The van der Waals surface area contributed by atoms with E-state index in [9.17, 15) is 9.50 Å². The Labute approximate surface area is 106 Å². The van der Waals surface area contributed by atoms with Crippen LogP contribution in [0.2, 0.25) is 0 Å². The van der Waals surface area contributed by atoms with Crippen LogP contribution in [-0.4, -0.2) is 49.5 Å². The number of benzene rings is 1. The van der Waals surface area contributed by atoms with Gasteiger partial charge in [0.15, 0.2) is 0 Å². The molecule has 100 valence electrons. The number of methoxy groups -OCH3 is 1. The van der Waals surface area contributed by atoms with Gasteiger partial charge in [0, 0.05) is 24.7 Å². The van der Waals surface area contributed by atoms with Gasteiger partial charge in [-0.3, -0.25) is 4.90 Å². The lowest BCUT2D eigenvalue weighted by atomic mass is 10.1. The second kappa shape index (κ2) is 6.13. The molecule has 5 heteroatoms. The highest BCUT2D eigenvalue weighted by Gasteiger charge is 2.23. The van der Waals surface area contributed by atoms with Crippen molar-refractivity contribution >= 4 is 0 Å². The number of morpholine rings is 1. The van der Waals surface area contributed by atoms with Gasteiger partial charge < -0.3 is 14.6 Å². The summed E-state index contributed by atoms with van der Waals surface area (Å²) in [6.07, 6.45) is 0. The number of hydrogen-bond donors (Lipinski definition) is 1. The third-order valence-corrected chi connectivity index (χ3v) is 3.19. The summed E-state index contributed by atoms with van der Waals surface area (Å²) < 4.78 is 24.1. The van der Waals surface area contributed by atoms with Crippen LogP contribution in [-0.2, 0) is 11.3 Å². The Kier molecular flexibility index (Phi) is 4.52. The fourth-order valence-electron chi connectivity index (χ4n) is 2.07. The lowest BCUT2D eigenvalue weighted by Crippen LogP contribution is -2.46. The Morgan fingerprint density at radius 3 is 3.06 bits per heavy atom. The molecule has 0 saturated carbocycles. The van der Waals surface area contributed by atoms with Crippen LogP contribution in [0.15, 0.2) is 18.2 Å². The summed E-state index contributed by atoms with van der Waals surface area (Å²) in [5.41, 5.74) is 0.608. The lowest BCUT2D eigenvalue weighted by molar-refractivity contribution is -0.0316.